The van der Waals surface area contributed by atoms with E-state index in [2.05, 4.69) is 29.8 Å². The second kappa shape index (κ2) is 3.44. The van der Waals surface area contributed by atoms with E-state index in [-0.39, 0.29) is 0 Å². The minimum Gasteiger partial charge on any atom is -0.123 e. The maximum Gasteiger partial charge on any atom is 0.0349 e. The Morgan fingerprint density at radius 2 is 1.90 bits per heavy atom. The Hall–Kier alpha value is 0.770. The first kappa shape index (κ1) is 8.86. The lowest BCUT2D eigenvalue weighted by atomic mass is 9.81. The lowest BCUT2D eigenvalue weighted by molar-refractivity contribution is 0.294. The van der Waals surface area contributed by atoms with Crippen molar-refractivity contribution in [2.75, 3.05) is 0 Å². The van der Waals surface area contributed by atoms with E-state index in [4.69, 9.17) is 11.6 Å². The highest BCUT2D eigenvalue weighted by atomic mass is 79.9. The molecule has 0 aromatic carbocycles. The third-order valence-corrected chi connectivity index (χ3v) is 4.14. The van der Waals surface area contributed by atoms with Crippen LogP contribution in [0.5, 0.6) is 0 Å². The van der Waals surface area contributed by atoms with Crippen LogP contribution in [0.25, 0.3) is 0 Å². The Balaban J connectivity index is 2.49. The number of alkyl halides is 2. The Labute approximate surface area is 76.5 Å². The lowest BCUT2D eigenvalue weighted by Crippen LogP contribution is -2.30. The Bertz CT molecular complexity index is 104. The average Bonchev–Trinajstić information content (AvgIpc) is 1.82. The molecule has 1 fully saturated rings. The van der Waals surface area contributed by atoms with Gasteiger partial charge in [0, 0.05) is 10.2 Å². The van der Waals surface area contributed by atoms with Gasteiger partial charge in [-0.15, -0.1) is 11.6 Å². The van der Waals surface area contributed by atoms with Crippen LogP contribution in [0.2, 0.25) is 0 Å². The standard InChI is InChI=1S/C8H14BrCl/c1-5-3-7(10)4-8(9)6(5)2/h5-8H,3-4H2,1-2H3/t5?,6-,7?,8-/m0/s1. The Morgan fingerprint density at radius 1 is 1.30 bits per heavy atom. The molecule has 0 aliphatic heterocycles. The van der Waals surface area contributed by atoms with Crippen LogP contribution in [0.1, 0.15) is 26.7 Å². The van der Waals surface area contributed by atoms with Gasteiger partial charge in [0.2, 0.25) is 0 Å². The first-order valence-corrected chi connectivity index (χ1v) is 5.24. The second-order valence-electron chi connectivity index (χ2n) is 3.42. The molecular formula is C8H14BrCl. The molecule has 0 radical (unpaired) electrons. The summed E-state index contributed by atoms with van der Waals surface area (Å²) in [5.74, 6) is 1.57. The minimum atomic E-state index is 0.399. The molecule has 2 unspecified atom stereocenters. The van der Waals surface area contributed by atoms with Crippen molar-refractivity contribution in [2.45, 2.75) is 36.9 Å². The number of hydrogen-bond acceptors (Lipinski definition) is 0. The van der Waals surface area contributed by atoms with Gasteiger partial charge < -0.3 is 0 Å². The molecule has 0 spiro atoms. The third-order valence-electron chi connectivity index (χ3n) is 2.58. The summed E-state index contributed by atoms with van der Waals surface area (Å²) < 4.78 is 0. The van der Waals surface area contributed by atoms with Gasteiger partial charge in [0.1, 0.15) is 0 Å². The topological polar surface area (TPSA) is 0 Å². The lowest BCUT2D eigenvalue weighted by Gasteiger charge is -2.33. The molecule has 1 rings (SSSR count). The van der Waals surface area contributed by atoms with Crippen molar-refractivity contribution in [3.63, 3.8) is 0 Å². The van der Waals surface area contributed by atoms with Crippen molar-refractivity contribution in [3.8, 4) is 0 Å². The van der Waals surface area contributed by atoms with Crippen LogP contribution < -0.4 is 0 Å². The highest BCUT2D eigenvalue weighted by molar-refractivity contribution is 9.09. The molecule has 0 aromatic rings. The summed E-state index contributed by atoms with van der Waals surface area (Å²) in [5.41, 5.74) is 0. The van der Waals surface area contributed by atoms with Crippen LogP contribution in [0.4, 0.5) is 0 Å². The zero-order chi connectivity index (χ0) is 7.72. The number of halogens is 2. The molecule has 1 aliphatic carbocycles. The summed E-state index contributed by atoms with van der Waals surface area (Å²) >= 11 is 9.69. The van der Waals surface area contributed by atoms with Gasteiger partial charge in [-0.3, -0.25) is 0 Å². The summed E-state index contributed by atoms with van der Waals surface area (Å²) in [6, 6.07) is 0. The second-order valence-corrected chi connectivity index (χ2v) is 5.21. The fourth-order valence-corrected chi connectivity index (χ4v) is 3.19. The molecule has 60 valence electrons. The first-order valence-electron chi connectivity index (χ1n) is 3.89. The van der Waals surface area contributed by atoms with Gasteiger partial charge >= 0.3 is 0 Å². The summed E-state index contributed by atoms with van der Waals surface area (Å²) in [5, 5.41) is 0.399. The van der Waals surface area contributed by atoms with Crippen molar-refractivity contribution >= 4 is 27.5 Å². The maximum atomic E-state index is 6.04. The predicted molar refractivity (Wildman–Crippen MR) is 49.9 cm³/mol. The van der Waals surface area contributed by atoms with Gasteiger partial charge in [-0.2, -0.15) is 0 Å². The van der Waals surface area contributed by atoms with Crippen LogP contribution in [-0.4, -0.2) is 10.2 Å². The van der Waals surface area contributed by atoms with E-state index < -0.39 is 0 Å². The van der Waals surface area contributed by atoms with Crippen LogP contribution in [0.15, 0.2) is 0 Å². The van der Waals surface area contributed by atoms with Gasteiger partial charge in [0.15, 0.2) is 0 Å². The molecule has 0 amide bonds. The van der Waals surface area contributed by atoms with E-state index in [0.29, 0.717) is 10.2 Å². The summed E-state index contributed by atoms with van der Waals surface area (Å²) in [7, 11) is 0. The largest absolute Gasteiger partial charge is 0.123 e. The summed E-state index contributed by atoms with van der Waals surface area (Å²) in [4.78, 5) is 0.638. The van der Waals surface area contributed by atoms with E-state index >= 15 is 0 Å². The normalized spacial score (nSPS) is 49.2. The van der Waals surface area contributed by atoms with Gasteiger partial charge in [0.25, 0.3) is 0 Å². The van der Waals surface area contributed by atoms with Gasteiger partial charge in [-0.05, 0) is 24.7 Å². The van der Waals surface area contributed by atoms with E-state index in [1.54, 1.807) is 0 Å². The predicted octanol–water partition coefficient (Wildman–Crippen LogP) is 3.42. The molecule has 0 bridgehead atoms. The zero-order valence-electron chi connectivity index (χ0n) is 6.48. The van der Waals surface area contributed by atoms with Crippen molar-refractivity contribution in [1.82, 2.24) is 0 Å². The highest BCUT2D eigenvalue weighted by Gasteiger charge is 2.29. The van der Waals surface area contributed by atoms with Crippen LogP contribution >= 0.6 is 27.5 Å². The summed E-state index contributed by atoms with van der Waals surface area (Å²) in [6.07, 6.45) is 2.32. The molecule has 1 aliphatic rings. The van der Waals surface area contributed by atoms with Crippen LogP contribution in [0.3, 0.4) is 0 Å². The zero-order valence-corrected chi connectivity index (χ0v) is 8.82. The molecule has 4 atom stereocenters. The smallest absolute Gasteiger partial charge is 0.0349 e. The molecule has 0 heterocycles. The Morgan fingerprint density at radius 3 is 2.40 bits per heavy atom. The first-order chi connectivity index (χ1) is 4.61. The van der Waals surface area contributed by atoms with E-state index in [9.17, 15) is 0 Å². The van der Waals surface area contributed by atoms with E-state index in [1.807, 2.05) is 0 Å². The quantitative estimate of drug-likeness (QED) is 0.554. The van der Waals surface area contributed by atoms with E-state index in [1.165, 1.54) is 6.42 Å². The Kier molecular flexibility index (Phi) is 3.05. The molecule has 0 saturated heterocycles. The molecule has 0 aromatic heterocycles. The van der Waals surface area contributed by atoms with Gasteiger partial charge in [-0.25, -0.2) is 0 Å². The fraction of sp³-hybridized carbons (Fsp3) is 1.00. The molecular weight excluding hydrogens is 211 g/mol. The third kappa shape index (κ3) is 1.88. The van der Waals surface area contributed by atoms with Crippen molar-refractivity contribution in [1.29, 1.82) is 0 Å². The monoisotopic (exact) mass is 224 g/mol. The van der Waals surface area contributed by atoms with Gasteiger partial charge in [-0.1, -0.05) is 29.8 Å². The molecule has 10 heavy (non-hydrogen) atoms. The van der Waals surface area contributed by atoms with Crippen molar-refractivity contribution in [2.24, 2.45) is 11.8 Å². The number of hydrogen-bond donors (Lipinski definition) is 0. The number of rotatable bonds is 0. The minimum absolute atomic E-state index is 0.399. The molecule has 0 nitrogen and oxygen atoms in total. The molecule has 1 saturated carbocycles. The fourth-order valence-electron chi connectivity index (χ4n) is 1.53. The van der Waals surface area contributed by atoms with Crippen molar-refractivity contribution in [3.05, 3.63) is 0 Å². The van der Waals surface area contributed by atoms with Gasteiger partial charge in [0.05, 0.1) is 0 Å². The van der Waals surface area contributed by atoms with Crippen LogP contribution in [-0.2, 0) is 0 Å². The average molecular weight is 226 g/mol. The molecule has 2 heteroatoms. The summed E-state index contributed by atoms with van der Waals surface area (Å²) in [6.45, 7) is 4.58. The van der Waals surface area contributed by atoms with Crippen molar-refractivity contribution < 1.29 is 0 Å². The van der Waals surface area contributed by atoms with E-state index in [0.717, 1.165) is 18.3 Å². The maximum absolute atomic E-state index is 6.04. The molecule has 0 N–H and O–H groups in total. The SMILES string of the molecule is CC1CC(Cl)C[C@H](Br)[C@H]1C. The van der Waals surface area contributed by atoms with Crippen LogP contribution in [0, 0.1) is 11.8 Å². The highest BCUT2D eigenvalue weighted by Crippen LogP contribution is 2.36.